The van der Waals surface area contributed by atoms with Crippen LogP contribution < -0.4 is 0 Å². The van der Waals surface area contributed by atoms with Gasteiger partial charge in [-0.3, -0.25) is 4.90 Å². The van der Waals surface area contributed by atoms with Crippen LogP contribution in [0.5, 0.6) is 0 Å². The minimum absolute atomic E-state index is 0.528. The fourth-order valence-electron chi connectivity index (χ4n) is 6.00. The first-order chi connectivity index (χ1) is 11.5. The Hall–Kier alpha value is -0.0800. The first-order valence-electron chi connectivity index (χ1n) is 11.0. The molecule has 2 heteroatoms. The average molecular weight is 352 g/mol. The number of hydrogen-bond acceptors (Lipinski definition) is 2. The van der Waals surface area contributed by atoms with E-state index in [1.165, 1.54) is 38.5 Å². The largest absolute Gasteiger partial charge is 0.376 e. The molecule has 1 N–H and O–H groups in total. The fourth-order valence-corrected chi connectivity index (χ4v) is 6.00. The van der Waals surface area contributed by atoms with Crippen LogP contribution in [0, 0.1) is 35.5 Å². The Kier molecular flexibility index (Phi) is 7.04. The Morgan fingerprint density at radius 3 is 1.40 bits per heavy atom. The van der Waals surface area contributed by atoms with Crippen LogP contribution in [-0.4, -0.2) is 27.8 Å². The van der Waals surface area contributed by atoms with Crippen molar-refractivity contribution in [2.45, 2.75) is 112 Å². The van der Waals surface area contributed by atoms with Crippen molar-refractivity contribution in [1.82, 2.24) is 4.90 Å². The lowest BCUT2D eigenvalue weighted by atomic mass is 9.68. The highest BCUT2D eigenvalue weighted by Crippen LogP contribution is 2.45. The maximum absolute atomic E-state index is 11.3. The Morgan fingerprint density at radius 2 is 1.12 bits per heavy atom. The van der Waals surface area contributed by atoms with Crippen molar-refractivity contribution in [2.75, 3.05) is 0 Å². The summed E-state index contributed by atoms with van der Waals surface area (Å²) in [5.41, 5.74) is -0.732. The van der Waals surface area contributed by atoms with E-state index in [0.29, 0.717) is 35.8 Å². The van der Waals surface area contributed by atoms with Crippen molar-refractivity contribution in [3.63, 3.8) is 0 Å². The molecule has 0 saturated heterocycles. The SMILES string of the molecule is CC1CCC(C(C)C)C(N(C2CC(C)CCC2C(C)C)C(C)(C)O)C1. The highest BCUT2D eigenvalue weighted by molar-refractivity contribution is 4.97. The topological polar surface area (TPSA) is 23.5 Å². The normalized spacial score (nSPS) is 37.9. The molecule has 2 saturated carbocycles. The molecule has 0 radical (unpaired) electrons. The zero-order chi connectivity index (χ0) is 18.9. The van der Waals surface area contributed by atoms with Gasteiger partial charge in [-0.25, -0.2) is 0 Å². The Labute approximate surface area is 157 Å². The van der Waals surface area contributed by atoms with Gasteiger partial charge in [-0.1, -0.05) is 54.4 Å². The molecule has 2 aliphatic rings. The molecule has 25 heavy (non-hydrogen) atoms. The molecule has 6 atom stereocenters. The van der Waals surface area contributed by atoms with Crippen molar-refractivity contribution >= 4 is 0 Å². The third-order valence-electron chi connectivity index (χ3n) is 7.32. The van der Waals surface area contributed by atoms with Crippen molar-refractivity contribution in [1.29, 1.82) is 0 Å². The summed E-state index contributed by atoms with van der Waals surface area (Å²) < 4.78 is 0. The molecule has 0 heterocycles. The van der Waals surface area contributed by atoms with E-state index in [9.17, 15) is 5.11 Å². The lowest BCUT2D eigenvalue weighted by Crippen LogP contribution is -2.62. The number of aliphatic hydroxyl groups is 1. The maximum Gasteiger partial charge on any atom is 0.113 e. The lowest BCUT2D eigenvalue weighted by Gasteiger charge is -2.55. The summed E-state index contributed by atoms with van der Waals surface area (Å²) in [7, 11) is 0. The summed E-state index contributed by atoms with van der Waals surface area (Å²) in [5, 5.41) is 11.3. The van der Waals surface area contributed by atoms with Crippen molar-refractivity contribution in [2.24, 2.45) is 35.5 Å². The van der Waals surface area contributed by atoms with Crippen molar-refractivity contribution in [3.05, 3.63) is 0 Å². The summed E-state index contributed by atoms with van der Waals surface area (Å²) in [6.07, 6.45) is 7.86. The second-order valence-corrected chi connectivity index (χ2v) is 10.7. The van der Waals surface area contributed by atoms with Crippen molar-refractivity contribution < 1.29 is 5.11 Å². The van der Waals surface area contributed by atoms with Crippen LogP contribution >= 0.6 is 0 Å². The number of nitrogens with zero attached hydrogens (tertiary/aromatic N) is 1. The van der Waals surface area contributed by atoms with Gasteiger partial charge in [0, 0.05) is 12.1 Å². The predicted octanol–water partition coefficient (Wildman–Crippen LogP) is 5.94. The minimum atomic E-state index is -0.732. The molecule has 0 aromatic carbocycles. The molecule has 0 aromatic rings. The highest BCUT2D eigenvalue weighted by atomic mass is 16.3. The van der Waals surface area contributed by atoms with Gasteiger partial charge in [0.2, 0.25) is 0 Å². The first-order valence-corrected chi connectivity index (χ1v) is 11.0. The lowest BCUT2D eigenvalue weighted by molar-refractivity contribution is -0.169. The van der Waals surface area contributed by atoms with Crippen LogP contribution in [0.2, 0.25) is 0 Å². The van der Waals surface area contributed by atoms with Crippen LogP contribution in [0.15, 0.2) is 0 Å². The molecule has 0 amide bonds. The van der Waals surface area contributed by atoms with Crippen LogP contribution in [0.4, 0.5) is 0 Å². The van der Waals surface area contributed by atoms with Gasteiger partial charge in [0.25, 0.3) is 0 Å². The van der Waals surface area contributed by atoms with E-state index < -0.39 is 5.72 Å². The standard InChI is InChI=1S/C23H45NO/c1-15(2)19-11-9-17(5)13-21(19)24(23(7,8)25)22-14-18(6)10-12-20(22)16(3)4/h15-22,25H,9-14H2,1-8H3. The zero-order valence-corrected chi connectivity index (χ0v) is 18.3. The van der Waals surface area contributed by atoms with Crippen LogP contribution in [0.3, 0.4) is 0 Å². The van der Waals surface area contributed by atoms with E-state index in [1.807, 2.05) is 13.8 Å². The Bertz CT molecular complexity index is 379. The highest BCUT2D eigenvalue weighted by Gasteiger charge is 2.46. The van der Waals surface area contributed by atoms with E-state index in [0.717, 1.165) is 11.8 Å². The summed E-state index contributed by atoms with van der Waals surface area (Å²) in [6.45, 7) is 18.5. The molecule has 148 valence electrons. The molecule has 0 bridgehead atoms. The second kappa shape index (κ2) is 8.30. The first kappa shape index (κ1) is 21.2. The van der Waals surface area contributed by atoms with Crippen LogP contribution in [0.1, 0.15) is 93.9 Å². The Morgan fingerprint density at radius 1 is 0.760 bits per heavy atom. The smallest absolute Gasteiger partial charge is 0.113 e. The van der Waals surface area contributed by atoms with Crippen LogP contribution in [-0.2, 0) is 0 Å². The molecule has 2 fully saturated rings. The second-order valence-electron chi connectivity index (χ2n) is 10.7. The molecular weight excluding hydrogens is 306 g/mol. The predicted molar refractivity (Wildman–Crippen MR) is 108 cm³/mol. The van der Waals surface area contributed by atoms with E-state index in [-0.39, 0.29) is 0 Å². The molecule has 2 rings (SSSR count). The fraction of sp³-hybridized carbons (Fsp3) is 1.00. The summed E-state index contributed by atoms with van der Waals surface area (Å²) in [5.74, 6) is 4.38. The van der Waals surface area contributed by atoms with Crippen LogP contribution in [0.25, 0.3) is 0 Å². The number of rotatable bonds is 5. The quantitative estimate of drug-likeness (QED) is 0.620. The summed E-state index contributed by atoms with van der Waals surface area (Å²) >= 11 is 0. The van der Waals surface area contributed by atoms with Gasteiger partial charge in [-0.2, -0.15) is 0 Å². The molecular formula is C23H45NO. The molecule has 0 spiro atoms. The zero-order valence-electron chi connectivity index (χ0n) is 18.3. The molecule has 2 nitrogen and oxygen atoms in total. The molecule has 2 aliphatic carbocycles. The van der Waals surface area contributed by atoms with E-state index in [2.05, 4.69) is 46.4 Å². The van der Waals surface area contributed by atoms with Gasteiger partial charge < -0.3 is 5.11 Å². The molecule has 6 unspecified atom stereocenters. The van der Waals surface area contributed by atoms with Gasteiger partial charge >= 0.3 is 0 Å². The summed E-state index contributed by atoms with van der Waals surface area (Å²) in [6, 6.07) is 1.06. The third kappa shape index (κ3) is 5.01. The number of hydrogen-bond donors (Lipinski definition) is 1. The maximum atomic E-state index is 11.3. The Balaban J connectivity index is 2.39. The van der Waals surface area contributed by atoms with Crippen molar-refractivity contribution in [3.8, 4) is 0 Å². The van der Waals surface area contributed by atoms with Gasteiger partial charge in [0.1, 0.15) is 5.72 Å². The van der Waals surface area contributed by atoms with E-state index in [1.54, 1.807) is 0 Å². The molecule has 0 aliphatic heterocycles. The van der Waals surface area contributed by atoms with Gasteiger partial charge in [0.15, 0.2) is 0 Å². The van der Waals surface area contributed by atoms with E-state index >= 15 is 0 Å². The summed E-state index contributed by atoms with van der Waals surface area (Å²) in [4.78, 5) is 2.60. The van der Waals surface area contributed by atoms with E-state index in [4.69, 9.17) is 0 Å². The molecule has 0 aromatic heterocycles. The average Bonchev–Trinajstić information content (AvgIpc) is 2.45. The monoisotopic (exact) mass is 351 g/mol. The third-order valence-corrected chi connectivity index (χ3v) is 7.32. The van der Waals surface area contributed by atoms with Gasteiger partial charge in [-0.15, -0.1) is 0 Å². The van der Waals surface area contributed by atoms with Gasteiger partial charge in [-0.05, 0) is 75.0 Å². The van der Waals surface area contributed by atoms with Gasteiger partial charge in [0.05, 0.1) is 0 Å². The minimum Gasteiger partial charge on any atom is -0.376 e.